The van der Waals surface area contributed by atoms with E-state index >= 15 is 0 Å². The van der Waals surface area contributed by atoms with Crippen LogP contribution in [0.2, 0.25) is 0 Å². The van der Waals surface area contributed by atoms with Crippen molar-refractivity contribution in [2.45, 2.75) is 45.7 Å². The van der Waals surface area contributed by atoms with E-state index in [-0.39, 0.29) is 22.5 Å². The van der Waals surface area contributed by atoms with Gasteiger partial charge in [-0.25, -0.2) is 14.3 Å². The lowest BCUT2D eigenvalue weighted by Gasteiger charge is -2.21. The molecule has 0 fully saturated rings. The van der Waals surface area contributed by atoms with E-state index in [4.69, 9.17) is 0 Å². The Kier molecular flexibility index (Phi) is 7.22. The van der Waals surface area contributed by atoms with Crippen LogP contribution in [0.15, 0.2) is 78.3 Å². The number of hydrogen-bond donors (Lipinski definition) is 1. The number of nitrogens with zero attached hydrogens (tertiary/aromatic N) is 8. The number of fused-ring (bicyclic) bond motifs is 4. The van der Waals surface area contributed by atoms with Crippen LogP contribution in [0.3, 0.4) is 0 Å². The van der Waals surface area contributed by atoms with E-state index in [9.17, 15) is 18.4 Å². The number of nitrogens with one attached hydrogen (secondary N) is 1. The molecule has 1 amide bonds. The number of aromatic nitrogens is 8. The lowest BCUT2D eigenvalue weighted by molar-refractivity contribution is -0.113. The molecular weight excluding hydrogens is 556 g/mol. The van der Waals surface area contributed by atoms with Gasteiger partial charge in [0.05, 0.1) is 58.9 Å². The number of alkyl halides is 2. The summed E-state index contributed by atoms with van der Waals surface area (Å²) < 4.78 is 31.5. The van der Waals surface area contributed by atoms with Crippen molar-refractivity contribution in [2.24, 2.45) is 0 Å². The van der Waals surface area contributed by atoms with E-state index in [0.717, 1.165) is 16.9 Å². The largest absolute Gasteiger partial charge is 0.333 e. The van der Waals surface area contributed by atoms with Gasteiger partial charge in [0.25, 0.3) is 11.5 Å². The number of anilines is 1. The van der Waals surface area contributed by atoms with Crippen LogP contribution in [-0.2, 0) is 4.79 Å². The zero-order chi connectivity index (χ0) is 30.2. The maximum atomic E-state index is 13.9. The molecule has 2 bridgehead atoms. The van der Waals surface area contributed by atoms with Crippen LogP contribution in [-0.4, -0.2) is 45.2 Å². The maximum Gasteiger partial charge on any atom is 0.333 e. The normalized spacial score (nSPS) is 15.5. The fourth-order valence-corrected chi connectivity index (χ4v) is 5.24. The molecule has 11 nitrogen and oxygen atoms in total. The summed E-state index contributed by atoms with van der Waals surface area (Å²) in [5.74, 6) is -0.485. The molecule has 1 aliphatic rings. The van der Waals surface area contributed by atoms with E-state index < -0.39 is 18.5 Å². The molecule has 43 heavy (non-hydrogen) atoms. The average molecular weight is 584 g/mol. The summed E-state index contributed by atoms with van der Waals surface area (Å²) in [6, 6.07) is 9.83. The molecule has 218 valence electrons. The summed E-state index contributed by atoms with van der Waals surface area (Å²) in [4.78, 5) is 35.7. The highest BCUT2D eigenvalue weighted by Crippen LogP contribution is 2.35. The molecule has 5 aromatic rings. The van der Waals surface area contributed by atoms with Gasteiger partial charge < -0.3 is 5.32 Å². The van der Waals surface area contributed by atoms with Crippen molar-refractivity contribution >= 4 is 11.6 Å². The highest BCUT2D eigenvalue weighted by Gasteiger charge is 2.25. The van der Waals surface area contributed by atoms with Crippen molar-refractivity contribution in [3.05, 3.63) is 101 Å². The Hall–Kier alpha value is -5.33. The number of pyridine rings is 1. The summed E-state index contributed by atoms with van der Waals surface area (Å²) >= 11 is 0. The van der Waals surface area contributed by atoms with Crippen LogP contribution >= 0.6 is 0 Å². The van der Waals surface area contributed by atoms with Gasteiger partial charge in [-0.05, 0) is 57.4 Å². The Balaban J connectivity index is 1.45. The number of carbonyl (C=O) groups is 1. The predicted molar refractivity (Wildman–Crippen MR) is 155 cm³/mol. The van der Waals surface area contributed by atoms with Gasteiger partial charge in [0, 0.05) is 29.0 Å². The summed E-state index contributed by atoms with van der Waals surface area (Å²) in [6.07, 6.45) is 7.18. The molecule has 1 aliphatic heterocycles. The van der Waals surface area contributed by atoms with Crippen LogP contribution in [0.25, 0.3) is 28.2 Å². The number of halogens is 2. The van der Waals surface area contributed by atoms with Crippen molar-refractivity contribution in [2.75, 3.05) is 5.32 Å². The predicted octanol–water partition coefficient (Wildman–Crippen LogP) is 5.03. The molecule has 4 aromatic heterocycles. The standard InChI is InChI=1S/C30H27F2N9O2/c1-17-7-8-25(40-15-19(3)37-38-40)21(11-17)22-13-27(42)39(16-34-22)26-6-4-5-18(2)29(43)36-24-14-35-41(30(31)32)28(24)20-9-10-33-23(26)12-20/h7-16,26,30H,2,4-6H2,1,3H3,(H,36,43)/t26-/m0/s1. The van der Waals surface area contributed by atoms with Crippen molar-refractivity contribution < 1.29 is 13.6 Å². The summed E-state index contributed by atoms with van der Waals surface area (Å²) in [5.41, 5.74) is 4.56. The van der Waals surface area contributed by atoms with Gasteiger partial charge in [-0.1, -0.05) is 23.4 Å². The van der Waals surface area contributed by atoms with Crippen molar-refractivity contribution in [1.29, 1.82) is 0 Å². The lowest BCUT2D eigenvalue weighted by Crippen LogP contribution is -2.26. The molecule has 5 heterocycles. The van der Waals surface area contributed by atoms with Crippen molar-refractivity contribution in [3.8, 4) is 28.2 Å². The average Bonchev–Trinajstić information content (AvgIpc) is 3.61. The van der Waals surface area contributed by atoms with Crippen LogP contribution in [0.1, 0.15) is 48.8 Å². The zero-order valence-electron chi connectivity index (χ0n) is 23.4. The first-order valence-electron chi connectivity index (χ1n) is 13.6. The number of amides is 1. The van der Waals surface area contributed by atoms with E-state index in [1.165, 1.54) is 29.4 Å². The van der Waals surface area contributed by atoms with Gasteiger partial charge in [0.2, 0.25) is 0 Å². The SMILES string of the molecule is C=C1CCC[C@H](n2cnc(-c3cc(C)ccc3-n3cc(C)nn3)cc2=O)c2cc(ccn2)-c2c(cnn2C(F)F)NC1=O. The fraction of sp³-hybridized carbons (Fsp3) is 0.233. The fourth-order valence-electron chi connectivity index (χ4n) is 5.24. The second-order valence-corrected chi connectivity index (χ2v) is 10.4. The quantitative estimate of drug-likeness (QED) is 0.294. The maximum absolute atomic E-state index is 13.9. The minimum atomic E-state index is -2.95. The second kappa shape index (κ2) is 11.2. The molecule has 1 atom stereocenters. The Morgan fingerprint density at radius 3 is 2.67 bits per heavy atom. The van der Waals surface area contributed by atoms with E-state index in [1.807, 2.05) is 32.0 Å². The smallest absolute Gasteiger partial charge is 0.319 e. The third-order valence-electron chi connectivity index (χ3n) is 7.36. The molecule has 0 saturated heterocycles. The van der Waals surface area contributed by atoms with Crippen LogP contribution in [0.5, 0.6) is 0 Å². The molecule has 0 saturated carbocycles. The Morgan fingerprint density at radius 1 is 1.09 bits per heavy atom. The Morgan fingerprint density at radius 2 is 1.93 bits per heavy atom. The monoisotopic (exact) mass is 583 g/mol. The lowest BCUT2D eigenvalue weighted by atomic mass is 9.99. The number of benzene rings is 1. The molecule has 0 unspecified atom stereocenters. The van der Waals surface area contributed by atoms with Crippen molar-refractivity contribution in [3.63, 3.8) is 0 Å². The first kappa shape index (κ1) is 27.8. The summed E-state index contributed by atoms with van der Waals surface area (Å²) in [7, 11) is 0. The van der Waals surface area contributed by atoms with Gasteiger partial charge in [0.1, 0.15) is 0 Å². The van der Waals surface area contributed by atoms with Crippen LogP contribution in [0.4, 0.5) is 14.5 Å². The van der Waals surface area contributed by atoms with Gasteiger partial charge in [0.15, 0.2) is 0 Å². The Labute approximate surface area is 244 Å². The topological polar surface area (TPSA) is 125 Å². The molecule has 1 aromatic carbocycles. The zero-order valence-corrected chi connectivity index (χ0v) is 23.4. The van der Waals surface area contributed by atoms with E-state index in [1.54, 1.807) is 23.0 Å². The first-order chi connectivity index (χ1) is 20.7. The van der Waals surface area contributed by atoms with Gasteiger partial charge >= 0.3 is 6.55 Å². The highest BCUT2D eigenvalue weighted by molar-refractivity contribution is 6.05. The second-order valence-electron chi connectivity index (χ2n) is 10.4. The number of rotatable bonds is 4. The van der Waals surface area contributed by atoms with Crippen LogP contribution in [0, 0.1) is 13.8 Å². The first-order valence-corrected chi connectivity index (χ1v) is 13.6. The minimum Gasteiger partial charge on any atom is -0.319 e. The van der Waals surface area contributed by atoms with Crippen molar-refractivity contribution in [1.82, 2.24) is 39.3 Å². The third-order valence-corrected chi connectivity index (χ3v) is 7.36. The summed E-state index contributed by atoms with van der Waals surface area (Å²) in [6.45, 7) is 4.71. The number of hydrogen-bond acceptors (Lipinski definition) is 7. The van der Waals surface area contributed by atoms with E-state index in [0.29, 0.717) is 46.5 Å². The summed E-state index contributed by atoms with van der Waals surface area (Å²) in [5, 5.41) is 14.7. The number of carbonyl (C=O) groups excluding carboxylic acids is 1. The Bertz CT molecular complexity index is 1920. The van der Waals surface area contributed by atoms with Gasteiger partial charge in [-0.3, -0.25) is 19.1 Å². The van der Waals surface area contributed by atoms with E-state index in [2.05, 4.69) is 37.3 Å². The van der Waals surface area contributed by atoms with Crippen LogP contribution < -0.4 is 10.9 Å². The van der Waals surface area contributed by atoms with Gasteiger partial charge in [-0.2, -0.15) is 13.9 Å². The third kappa shape index (κ3) is 5.36. The molecule has 6 rings (SSSR count). The molecular formula is C30H27F2N9O2. The minimum absolute atomic E-state index is 0.0234. The molecule has 0 spiro atoms. The molecule has 0 aliphatic carbocycles. The highest BCUT2D eigenvalue weighted by atomic mass is 19.3. The molecule has 0 radical (unpaired) electrons. The van der Waals surface area contributed by atoms with Gasteiger partial charge in [-0.15, -0.1) is 5.10 Å². The number of aryl methyl sites for hydroxylation is 2. The molecule has 1 N–H and O–H groups in total. The molecule has 13 heteroatoms.